The zero-order chi connectivity index (χ0) is 22.4. The van der Waals surface area contributed by atoms with Gasteiger partial charge in [0.2, 0.25) is 0 Å². The van der Waals surface area contributed by atoms with Crippen LogP contribution in [0.3, 0.4) is 0 Å². The van der Waals surface area contributed by atoms with Crippen LogP contribution in [0.15, 0.2) is 54.7 Å². The second-order valence-corrected chi connectivity index (χ2v) is 6.50. The summed E-state index contributed by atoms with van der Waals surface area (Å²) in [4.78, 5) is 19.7. The lowest BCUT2D eigenvalue weighted by Gasteiger charge is -2.11. The maximum absolute atomic E-state index is 12.9. The largest absolute Gasteiger partial charge is 0.811 e. The molecule has 0 atom stereocenters. The summed E-state index contributed by atoms with van der Waals surface area (Å²) in [7, 11) is 0. The van der Waals surface area contributed by atoms with Gasteiger partial charge < -0.3 is 15.7 Å². The Bertz CT molecular complexity index is 1210. The Morgan fingerprint density at radius 3 is 2.74 bits per heavy atom. The maximum Gasteiger partial charge on any atom is 0.416 e. The molecule has 0 spiro atoms. The number of alkyl halides is 3. The van der Waals surface area contributed by atoms with E-state index in [9.17, 15) is 18.0 Å². The predicted octanol–water partition coefficient (Wildman–Crippen LogP) is 5.04. The molecule has 0 aliphatic carbocycles. The van der Waals surface area contributed by atoms with Gasteiger partial charge in [-0.1, -0.05) is 24.1 Å². The number of allylic oxidation sites excluding steroid dienone is 1. The Kier molecular flexibility index (Phi) is 6.36. The number of hydrogen-bond donors (Lipinski definition) is 2. The summed E-state index contributed by atoms with van der Waals surface area (Å²) in [6, 6.07) is 9.48. The molecule has 0 saturated heterocycles. The van der Waals surface area contributed by atoms with Crippen molar-refractivity contribution < 1.29 is 18.0 Å². The molecule has 1 amide bonds. The Labute approximate surface area is 176 Å². The Morgan fingerprint density at radius 2 is 2.00 bits per heavy atom. The average Bonchev–Trinajstić information content (AvgIpc) is 3.19. The van der Waals surface area contributed by atoms with E-state index in [1.807, 2.05) is 0 Å². The molecule has 0 aliphatic rings. The van der Waals surface area contributed by atoms with Crippen LogP contribution in [0.2, 0.25) is 0 Å². The first kappa shape index (κ1) is 21.6. The van der Waals surface area contributed by atoms with E-state index >= 15 is 0 Å². The normalized spacial score (nSPS) is 11.1. The molecule has 0 fully saturated rings. The van der Waals surface area contributed by atoms with Crippen LogP contribution in [0.1, 0.15) is 38.6 Å². The van der Waals surface area contributed by atoms with Gasteiger partial charge in [-0.15, -0.1) is 0 Å². The van der Waals surface area contributed by atoms with Crippen LogP contribution < -0.4 is 5.32 Å². The molecule has 0 aliphatic heterocycles. The van der Waals surface area contributed by atoms with Crippen LogP contribution in [0, 0.1) is 18.8 Å². The number of nitrogens with zero attached hydrogens (tertiary/aromatic N) is 2. The summed E-state index contributed by atoms with van der Waals surface area (Å²) in [6.45, 7) is 1.73. The van der Waals surface area contributed by atoms with E-state index in [1.165, 1.54) is 24.4 Å². The highest BCUT2D eigenvalue weighted by atomic mass is 19.4. The molecule has 3 aromatic rings. The third-order valence-electron chi connectivity index (χ3n) is 4.21. The topological polar surface area (TPSA) is 80.1 Å². The van der Waals surface area contributed by atoms with Gasteiger partial charge in [-0.05, 0) is 54.8 Å². The van der Waals surface area contributed by atoms with Crippen molar-refractivity contribution in [1.82, 2.24) is 9.97 Å². The van der Waals surface area contributed by atoms with Crippen molar-refractivity contribution in [2.75, 3.05) is 5.32 Å². The molecule has 2 N–H and O–H groups in total. The van der Waals surface area contributed by atoms with Gasteiger partial charge in [0.25, 0.3) is 5.91 Å². The molecule has 31 heavy (non-hydrogen) atoms. The van der Waals surface area contributed by atoms with Crippen LogP contribution in [0.4, 0.5) is 18.9 Å². The first-order valence-electron chi connectivity index (χ1n) is 9.06. The summed E-state index contributed by atoms with van der Waals surface area (Å²) in [6.07, 6.45) is 0.884. The number of benzene rings is 2. The summed E-state index contributed by atoms with van der Waals surface area (Å²) in [5.41, 5.74) is 1.25. The number of imidazole rings is 1. The highest BCUT2D eigenvalue weighted by Gasteiger charge is 2.30. The summed E-state index contributed by atoms with van der Waals surface area (Å²) >= 11 is 0. The third-order valence-corrected chi connectivity index (χ3v) is 4.21. The minimum absolute atomic E-state index is 0.0499. The van der Waals surface area contributed by atoms with Crippen LogP contribution in [0.25, 0.3) is 11.5 Å². The minimum Gasteiger partial charge on any atom is -0.811 e. The molecule has 5 nitrogen and oxygen atoms in total. The van der Waals surface area contributed by atoms with Gasteiger partial charge in [0, 0.05) is 16.8 Å². The van der Waals surface area contributed by atoms with Gasteiger partial charge in [-0.2, -0.15) is 19.4 Å². The van der Waals surface area contributed by atoms with Gasteiger partial charge in [0.1, 0.15) is 11.5 Å². The molecule has 0 bridgehead atoms. The van der Waals surface area contributed by atoms with Gasteiger partial charge in [-0.25, -0.2) is 4.98 Å². The number of carbonyl (C=O) groups excluding carboxylic acids is 1. The molecule has 1 aromatic heterocycles. The lowest BCUT2D eigenvalue weighted by atomic mass is 10.0. The van der Waals surface area contributed by atoms with Crippen molar-refractivity contribution in [3.8, 4) is 11.8 Å². The van der Waals surface area contributed by atoms with Gasteiger partial charge in [0.15, 0.2) is 0 Å². The van der Waals surface area contributed by atoms with Crippen molar-refractivity contribution in [3.05, 3.63) is 93.9 Å². The number of aromatic nitrogens is 2. The van der Waals surface area contributed by atoms with Crippen molar-refractivity contribution in [3.63, 3.8) is 0 Å². The molecule has 8 heteroatoms. The van der Waals surface area contributed by atoms with Crippen molar-refractivity contribution in [2.24, 2.45) is 0 Å². The smallest absolute Gasteiger partial charge is 0.416 e. The summed E-state index contributed by atoms with van der Waals surface area (Å²) in [5.74, 6) is 5.78. The van der Waals surface area contributed by atoms with E-state index in [2.05, 4.69) is 27.1 Å². The number of hydrogen-bond acceptors (Lipinski definition) is 2. The SMILES string of the molecule is Cc1ccc(C#Cc2cnc(/C=C\C=[N-])[nH]2)cc1C(=O)Nc1cccc(C(F)(F)F)c1. The fraction of sp³-hybridized carbons (Fsp3) is 0.0870. The van der Waals surface area contributed by atoms with Gasteiger partial charge in [0.05, 0.1) is 11.8 Å². The zero-order valence-corrected chi connectivity index (χ0v) is 16.3. The third kappa shape index (κ3) is 5.70. The standard InChI is InChI=1S/C23H16F3N4O/c1-15-7-8-16(9-10-19-14-28-21(29-19)6-3-11-27)12-20(15)22(31)30-18-5-2-4-17(13-18)23(24,25)26/h2-8,11-14H,1H3,(H,28,29)(H,30,31)/q-1/b6-3-. The molecule has 156 valence electrons. The number of anilines is 1. The van der Waals surface area contributed by atoms with Gasteiger partial charge in [-0.3, -0.25) is 4.79 Å². The van der Waals surface area contributed by atoms with Crippen molar-refractivity contribution in [2.45, 2.75) is 13.1 Å². The number of rotatable bonds is 4. The van der Waals surface area contributed by atoms with Crippen molar-refractivity contribution >= 4 is 23.9 Å². The van der Waals surface area contributed by atoms with Crippen LogP contribution in [-0.4, -0.2) is 22.1 Å². The molecular weight excluding hydrogens is 405 g/mol. The van der Waals surface area contributed by atoms with Crippen LogP contribution >= 0.6 is 0 Å². The number of halogens is 3. The maximum atomic E-state index is 12.9. The number of amides is 1. The van der Waals surface area contributed by atoms with Gasteiger partial charge >= 0.3 is 6.18 Å². The minimum atomic E-state index is -4.50. The molecule has 0 saturated carbocycles. The lowest BCUT2D eigenvalue weighted by Crippen LogP contribution is -2.14. The quantitative estimate of drug-likeness (QED) is 0.457. The zero-order valence-electron chi connectivity index (χ0n) is 16.3. The fourth-order valence-corrected chi connectivity index (χ4v) is 2.67. The number of aromatic amines is 1. The number of carbonyl (C=O) groups is 1. The molecule has 1 heterocycles. The monoisotopic (exact) mass is 421 g/mol. The molecule has 3 rings (SSSR count). The van der Waals surface area contributed by atoms with Crippen LogP contribution in [-0.2, 0) is 6.18 Å². The fourth-order valence-electron chi connectivity index (χ4n) is 2.67. The summed E-state index contributed by atoms with van der Waals surface area (Å²) in [5, 5.41) is 11.2. The van der Waals surface area contributed by atoms with E-state index in [0.717, 1.165) is 18.3 Å². The van der Waals surface area contributed by atoms with Crippen LogP contribution in [0.5, 0.6) is 0 Å². The van der Waals surface area contributed by atoms with Crippen molar-refractivity contribution in [1.29, 1.82) is 0 Å². The second kappa shape index (κ2) is 9.13. The predicted molar refractivity (Wildman–Crippen MR) is 114 cm³/mol. The second-order valence-electron chi connectivity index (χ2n) is 6.50. The first-order chi connectivity index (χ1) is 14.8. The number of aryl methyl sites for hydroxylation is 1. The Morgan fingerprint density at radius 1 is 1.19 bits per heavy atom. The van der Waals surface area contributed by atoms with E-state index in [4.69, 9.17) is 5.41 Å². The van der Waals surface area contributed by atoms with E-state index in [0.29, 0.717) is 28.2 Å². The average molecular weight is 421 g/mol. The molecule has 0 unspecified atom stereocenters. The van der Waals surface area contributed by atoms with E-state index < -0.39 is 17.6 Å². The van der Waals surface area contributed by atoms with E-state index in [1.54, 1.807) is 31.2 Å². The highest BCUT2D eigenvalue weighted by Crippen LogP contribution is 2.30. The van der Waals surface area contributed by atoms with E-state index in [-0.39, 0.29) is 5.69 Å². The lowest BCUT2D eigenvalue weighted by molar-refractivity contribution is -0.137. The Hall–Kier alpha value is -4.12. The molecular formula is C23H16F3N4O-. The highest BCUT2D eigenvalue weighted by molar-refractivity contribution is 6.05. The first-order valence-corrected chi connectivity index (χ1v) is 9.06. The number of nitrogens with one attached hydrogen (secondary N) is 2. The number of H-pyrrole nitrogens is 1. The summed E-state index contributed by atoms with van der Waals surface area (Å²) < 4.78 is 38.6. The molecule has 0 radical (unpaired) electrons. The molecule has 2 aromatic carbocycles. The Balaban J connectivity index is 1.80.